The van der Waals surface area contributed by atoms with E-state index >= 15 is 0 Å². The molecule has 2 aromatic carbocycles. The van der Waals surface area contributed by atoms with Crippen LogP contribution >= 0.6 is 0 Å². The molecule has 5 nitrogen and oxygen atoms in total. The van der Waals surface area contributed by atoms with Gasteiger partial charge in [0, 0.05) is 18.7 Å². The molecule has 1 fully saturated rings. The fourth-order valence-corrected chi connectivity index (χ4v) is 4.14. The van der Waals surface area contributed by atoms with Crippen LogP contribution in [0, 0.1) is 18.7 Å². The number of hydrogen-bond donors (Lipinski definition) is 1. The average molecular weight is 448 g/mol. The Balaban J connectivity index is 1.29. The van der Waals surface area contributed by atoms with Gasteiger partial charge in [-0.25, -0.2) is 4.39 Å². The zero-order chi connectivity index (χ0) is 23.0. The molecule has 0 bridgehead atoms. The van der Waals surface area contributed by atoms with Gasteiger partial charge in [-0.3, -0.25) is 14.7 Å². The van der Waals surface area contributed by atoms with Crippen LogP contribution in [0.1, 0.15) is 35.7 Å². The molecule has 1 saturated heterocycles. The Hall–Kier alpha value is -3.25. The lowest BCUT2D eigenvalue weighted by molar-refractivity contribution is -0.127. The first-order valence-corrected chi connectivity index (χ1v) is 11.5. The number of benzene rings is 2. The molecular formula is C27H30FN3O2. The Morgan fingerprint density at radius 2 is 1.82 bits per heavy atom. The van der Waals surface area contributed by atoms with Crippen LogP contribution in [0.2, 0.25) is 0 Å². The van der Waals surface area contributed by atoms with Crippen molar-refractivity contribution >= 4 is 5.91 Å². The van der Waals surface area contributed by atoms with Gasteiger partial charge in [0.05, 0.1) is 11.7 Å². The zero-order valence-corrected chi connectivity index (χ0v) is 18.9. The van der Waals surface area contributed by atoms with Gasteiger partial charge < -0.3 is 10.1 Å². The number of piperidine rings is 1. The molecule has 2 heterocycles. The third-order valence-corrected chi connectivity index (χ3v) is 6.13. The molecular weight excluding hydrogens is 417 g/mol. The minimum atomic E-state index is -0.268. The van der Waals surface area contributed by atoms with E-state index in [0.29, 0.717) is 12.4 Å². The lowest BCUT2D eigenvalue weighted by Crippen LogP contribution is -2.42. The summed E-state index contributed by atoms with van der Waals surface area (Å²) in [6.45, 7) is 5.08. The molecule has 1 unspecified atom stereocenters. The van der Waals surface area contributed by atoms with E-state index in [9.17, 15) is 9.18 Å². The molecule has 4 rings (SSSR count). The number of nitrogens with zero attached hydrogens (tertiary/aromatic N) is 2. The summed E-state index contributed by atoms with van der Waals surface area (Å²) in [5.74, 6) is 0.460. The Kier molecular flexibility index (Phi) is 7.68. The van der Waals surface area contributed by atoms with E-state index < -0.39 is 0 Å². The number of aromatic nitrogens is 1. The van der Waals surface area contributed by atoms with Gasteiger partial charge >= 0.3 is 0 Å². The van der Waals surface area contributed by atoms with E-state index in [4.69, 9.17) is 4.74 Å². The fourth-order valence-electron chi connectivity index (χ4n) is 4.14. The predicted octanol–water partition coefficient (Wildman–Crippen LogP) is 4.53. The number of aryl methyl sites for hydroxylation is 1. The number of ether oxygens (including phenoxy) is 1. The SMILES string of the molecule is Cc1ccc(C(NC(=O)C2CCN(CCOc3ccc(F)cc3)CC2)c2ccccn2)cc1. The first kappa shape index (κ1) is 22.9. The molecule has 1 aliphatic rings. The molecule has 0 radical (unpaired) electrons. The highest BCUT2D eigenvalue weighted by molar-refractivity contribution is 5.79. The van der Waals surface area contributed by atoms with Crippen molar-refractivity contribution in [3.63, 3.8) is 0 Å². The lowest BCUT2D eigenvalue weighted by atomic mass is 9.94. The first-order valence-electron chi connectivity index (χ1n) is 11.5. The number of carbonyl (C=O) groups excluding carboxylic acids is 1. The number of hydrogen-bond acceptors (Lipinski definition) is 4. The fraction of sp³-hybridized carbons (Fsp3) is 0.333. The molecule has 1 atom stereocenters. The molecule has 1 amide bonds. The van der Waals surface area contributed by atoms with Gasteiger partial charge in [0.2, 0.25) is 5.91 Å². The van der Waals surface area contributed by atoms with Crippen molar-refractivity contribution in [2.45, 2.75) is 25.8 Å². The van der Waals surface area contributed by atoms with Gasteiger partial charge in [0.15, 0.2) is 0 Å². The molecule has 1 N–H and O–H groups in total. The van der Waals surface area contributed by atoms with Gasteiger partial charge in [0.1, 0.15) is 18.2 Å². The van der Waals surface area contributed by atoms with Crippen LogP contribution in [0.15, 0.2) is 72.9 Å². The molecule has 172 valence electrons. The third kappa shape index (κ3) is 6.39. The number of halogens is 1. The van der Waals surface area contributed by atoms with Gasteiger partial charge in [-0.1, -0.05) is 35.9 Å². The highest BCUT2D eigenvalue weighted by atomic mass is 19.1. The van der Waals surface area contributed by atoms with Crippen LogP contribution in [-0.2, 0) is 4.79 Å². The summed E-state index contributed by atoms with van der Waals surface area (Å²) in [5, 5.41) is 3.25. The summed E-state index contributed by atoms with van der Waals surface area (Å²) in [4.78, 5) is 19.9. The maximum atomic E-state index is 13.1. The van der Waals surface area contributed by atoms with Gasteiger partial charge in [-0.2, -0.15) is 0 Å². The predicted molar refractivity (Wildman–Crippen MR) is 126 cm³/mol. The standard InChI is InChI=1S/C27H30FN3O2/c1-20-5-7-21(8-6-20)26(25-4-2-3-15-29-25)30-27(32)22-13-16-31(17-14-22)18-19-33-24-11-9-23(28)10-12-24/h2-12,15,22,26H,13-14,16-19H2,1H3,(H,30,32). The zero-order valence-electron chi connectivity index (χ0n) is 18.9. The van der Waals surface area contributed by atoms with Crippen LogP contribution in [-0.4, -0.2) is 42.0 Å². The molecule has 6 heteroatoms. The second kappa shape index (κ2) is 11.1. The van der Waals surface area contributed by atoms with Crippen LogP contribution < -0.4 is 10.1 Å². The van der Waals surface area contributed by atoms with Crippen LogP contribution in [0.4, 0.5) is 4.39 Å². The van der Waals surface area contributed by atoms with E-state index in [-0.39, 0.29) is 23.7 Å². The summed E-state index contributed by atoms with van der Waals surface area (Å²) >= 11 is 0. The van der Waals surface area contributed by atoms with Crippen molar-refractivity contribution < 1.29 is 13.9 Å². The largest absolute Gasteiger partial charge is 0.492 e. The number of rotatable bonds is 8. The van der Waals surface area contributed by atoms with Crippen LogP contribution in [0.3, 0.4) is 0 Å². The van der Waals surface area contributed by atoms with E-state index in [1.54, 1.807) is 18.3 Å². The molecule has 1 aliphatic heterocycles. The summed E-state index contributed by atoms with van der Waals surface area (Å²) < 4.78 is 18.7. The van der Waals surface area contributed by atoms with E-state index in [0.717, 1.165) is 43.7 Å². The van der Waals surface area contributed by atoms with Gasteiger partial charge in [-0.15, -0.1) is 0 Å². The molecule has 0 aliphatic carbocycles. The van der Waals surface area contributed by atoms with E-state index in [2.05, 4.69) is 46.4 Å². The van der Waals surface area contributed by atoms with Crippen molar-refractivity contribution in [1.29, 1.82) is 0 Å². The smallest absolute Gasteiger partial charge is 0.224 e. The second-order valence-electron chi connectivity index (χ2n) is 8.53. The molecule has 0 saturated carbocycles. The van der Waals surface area contributed by atoms with E-state index in [1.807, 2.05) is 18.2 Å². The average Bonchev–Trinajstić information content (AvgIpc) is 2.85. The van der Waals surface area contributed by atoms with Crippen molar-refractivity contribution in [3.05, 3.63) is 95.6 Å². The van der Waals surface area contributed by atoms with Gasteiger partial charge in [0.25, 0.3) is 0 Å². The number of nitrogens with one attached hydrogen (secondary N) is 1. The maximum absolute atomic E-state index is 13.1. The summed E-state index contributed by atoms with van der Waals surface area (Å²) in [7, 11) is 0. The maximum Gasteiger partial charge on any atom is 0.224 e. The summed E-state index contributed by atoms with van der Waals surface area (Å²) in [6, 6.07) is 19.8. The monoisotopic (exact) mass is 447 g/mol. The molecule has 3 aromatic rings. The number of likely N-dealkylation sites (tertiary alicyclic amines) is 1. The van der Waals surface area contributed by atoms with Crippen molar-refractivity contribution in [2.75, 3.05) is 26.2 Å². The molecule has 0 spiro atoms. The van der Waals surface area contributed by atoms with Gasteiger partial charge in [-0.05, 0) is 74.8 Å². The van der Waals surface area contributed by atoms with Crippen LogP contribution in [0.5, 0.6) is 5.75 Å². The molecule has 33 heavy (non-hydrogen) atoms. The highest BCUT2D eigenvalue weighted by Crippen LogP contribution is 2.24. The normalized spacial score (nSPS) is 15.7. The Bertz CT molecular complexity index is 1020. The Labute approximate surface area is 194 Å². The second-order valence-corrected chi connectivity index (χ2v) is 8.53. The van der Waals surface area contributed by atoms with Crippen molar-refractivity contribution in [2.24, 2.45) is 5.92 Å². The molecule has 1 aromatic heterocycles. The first-order chi connectivity index (χ1) is 16.1. The Morgan fingerprint density at radius 1 is 1.09 bits per heavy atom. The highest BCUT2D eigenvalue weighted by Gasteiger charge is 2.27. The minimum Gasteiger partial charge on any atom is -0.492 e. The van der Waals surface area contributed by atoms with Crippen molar-refractivity contribution in [1.82, 2.24) is 15.2 Å². The summed E-state index contributed by atoms with van der Waals surface area (Å²) in [5.41, 5.74) is 3.05. The lowest BCUT2D eigenvalue weighted by Gasteiger charge is -2.32. The summed E-state index contributed by atoms with van der Waals surface area (Å²) in [6.07, 6.45) is 3.38. The number of carbonyl (C=O) groups is 1. The Morgan fingerprint density at radius 3 is 2.48 bits per heavy atom. The number of pyridine rings is 1. The minimum absolute atomic E-state index is 0.0177. The quantitative estimate of drug-likeness (QED) is 0.551. The topological polar surface area (TPSA) is 54.5 Å². The van der Waals surface area contributed by atoms with E-state index in [1.165, 1.54) is 17.7 Å². The third-order valence-electron chi connectivity index (χ3n) is 6.13. The van der Waals surface area contributed by atoms with Crippen LogP contribution in [0.25, 0.3) is 0 Å². The van der Waals surface area contributed by atoms with Crippen molar-refractivity contribution in [3.8, 4) is 5.75 Å². The number of amides is 1.